The zero-order valence-electron chi connectivity index (χ0n) is 17.9. The zero-order chi connectivity index (χ0) is 24.0. The van der Waals surface area contributed by atoms with Crippen LogP contribution >= 0.6 is 23.2 Å². The summed E-state index contributed by atoms with van der Waals surface area (Å²) in [6.07, 6.45) is 0. The molecule has 0 aromatic heterocycles. The van der Waals surface area contributed by atoms with Gasteiger partial charge in [-0.05, 0) is 35.9 Å². The smallest absolute Gasteiger partial charge is 0.247 e. The third-order valence-electron chi connectivity index (χ3n) is 4.71. The molecule has 0 saturated heterocycles. The van der Waals surface area contributed by atoms with Crippen molar-refractivity contribution < 1.29 is 22.7 Å². The monoisotopic (exact) mass is 508 g/mol. The van der Waals surface area contributed by atoms with E-state index in [1.165, 1.54) is 32.4 Å². The van der Waals surface area contributed by atoms with Crippen LogP contribution in [-0.4, -0.2) is 39.4 Å². The van der Waals surface area contributed by atoms with E-state index in [0.717, 1.165) is 4.31 Å². The van der Waals surface area contributed by atoms with E-state index >= 15 is 0 Å². The van der Waals surface area contributed by atoms with Crippen molar-refractivity contribution in [3.63, 3.8) is 0 Å². The number of anilines is 1. The summed E-state index contributed by atoms with van der Waals surface area (Å²) in [6, 6.07) is 18.0. The van der Waals surface area contributed by atoms with Crippen LogP contribution in [0.15, 0.2) is 71.6 Å². The molecule has 33 heavy (non-hydrogen) atoms. The van der Waals surface area contributed by atoms with Gasteiger partial charge in [0.1, 0.15) is 16.4 Å². The topological polar surface area (TPSA) is 84.9 Å². The molecule has 0 aliphatic carbocycles. The predicted molar refractivity (Wildman–Crippen MR) is 129 cm³/mol. The first-order chi connectivity index (χ1) is 15.7. The number of hydrogen-bond donors (Lipinski definition) is 1. The van der Waals surface area contributed by atoms with Gasteiger partial charge in [0, 0.05) is 17.6 Å². The second-order valence-corrected chi connectivity index (χ2v) is 9.70. The number of benzene rings is 3. The highest BCUT2D eigenvalue weighted by Crippen LogP contribution is 2.31. The van der Waals surface area contributed by atoms with Gasteiger partial charge in [0.05, 0.1) is 31.5 Å². The molecule has 0 unspecified atom stereocenters. The molecule has 0 spiro atoms. The molecule has 0 atom stereocenters. The lowest BCUT2D eigenvalue weighted by Crippen LogP contribution is -2.37. The van der Waals surface area contributed by atoms with Crippen LogP contribution in [0.25, 0.3) is 0 Å². The summed E-state index contributed by atoms with van der Waals surface area (Å²) in [4.78, 5) is 12.7. The van der Waals surface area contributed by atoms with Crippen molar-refractivity contribution in [1.29, 1.82) is 0 Å². The first-order valence-electron chi connectivity index (χ1n) is 9.75. The number of nitrogens with zero attached hydrogens (tertiary/aromatic N) is 1. The first-order valence-corrected chi connectivity index (χ1v) is 11.9. The van der Waals surface area contributed by atoms with E-state index < -0.39 is 22.5 Å². The van der Waals surface area contributed by atoms with Crippen molar-refractivity contribution in [2.24, 2.45) is 0 Å². The Labute approximate surface area is 202 Å². The lowest BCUT2D eigenvalue weighted by Gasteiger charge is -2.23. The highest BCUT2D eigenvalue weighted by Gasteiger charge is 2.30. The first kappa shape index (κ1) is 24.9. The largest absolute Gasteiger partial charge is 0.497 e. The van der Waals surface area contributed by atoms with Crippen molar-refractivity contribution in [1.82, 2.24) is 4.31 Å². The van der Waals surface area contributed by atoms with Crippen molar-refractivity contribution in [2.75, 3.05) is 26.1 Å². The second-order valence-electron chi connectivity index (χ2n) is 6.95. The number of hydrogen-bond acceptors (Lipinski definition) is 5. The van der Waals surface area contributed by atoms with Gasteiger partial charge in [-0.2, -0.15) is 4.31 Å². The van der Waals surface area contributed by atoms with Crippen LogP contribution in [0.3, 0.4) is 0 Å². The Morgan fingerprint density at radius 2 is 1.70 bits per heavy atom. The van der Waals surface area contributed by atoms with Crippen LogP contribution in [0, 0.1) is 0 Å². The minimum atomic E-state index is -4.17. The molecule has 3 rings (SSSR count). The van der Waals surface area contributed by atoms with E-state index in [1.54, 1.807) is 42.5 Å². The lowest BCUT2D eigenvalue weighted by molar-refractivity contribution is -0.116. The number of nitrogens with one attached hydrogen (secondary N) is 1. The summed E-state index contributed by atoms with van der Waals surface area (Å²) in [5, 5.41) is 3.28. The van der Waals surface area contributed by atoms with Gasteiger partial charge in [0.25, 0.3) is 0 Å². The molecule has 174 valence electrons. The molecule has 0 heterocycles. The third kappa shape index (κ3) is 6.17. The molecule has 0 aliphatic heterocycles. The summed E-state index contributed by atoms with van der Waals surface area (Å²) in [5.74, 6) is -0.114. The van der Waals surface area contributed by atoms with Crippen LogP contribution in [-0.2, 0) is 21.4 Å². The molecule has 0 saturated carbocycles. The predicted octanol–water partition coefficient (Wildman–Crippen LogP) is 4.84. The molecule has 3 aromatic carbocycles. The number of sulfonamides is 1. The molecule has 1 N–H and O–H groups in total. The van der Waals surface area contributed by atoms with Gasteiger partial charge in [-0.1, -0.05) is 53.5 Å². The van der Waals surface area contributed by atoms with Crippen LogP contribution in [0.5, 0.6) is 11.5 Å². The Hall–Kier alpha value is -2.78. The number of carbonyl (C=O) groups excluding carboxylic acids is 1. The van der Waals surface area contributed by atoms with Crippen molar-refractivity contribution >= 4 is 44.8 Å². The fraction of sp³-hybridized carbons (Fsp3) is 0.174. The Morgan fingerprint density at radius 1 is 0.970 bits per heavy atom. The standard InChI is InChI=1S/C23H22Cl2N2O5S/c1-31-18-9-11-21(32-2)22(13-18)33(29,30)27(14-16-6-4-3-5-7-16)15-23(28)26-20-12-17(24)8-10-19(20)25/h3-13H,14-15H2,1-2H3,(H,26,28). The maximum Gasteiger partial charge on any atom is 0.247 e. The van der Waals surface area contributed by atoms with Crippen LogP contribution in [0.4, 0.5) is 5.69 Å². The van der Waals surface area contributed by atoms with E-state index in [1.807, 2.05) is 6.07 Å². The molecule has 0 radical (unpaired) electrons. The van der Waals surface area contributed by atoms with E-state index in [4.69, 9.17) is 32.7 Å². The Kier molecular flexibility index (Phi) is 8.20. The van der Waals surface area contributed by atoms with E-state index in [9.17, 15) is 13.2 Å². The third-order valence-corrected chi connectivity index (χ3v) is 7.09. The summed E-state index contributed by atoms with van der Waals surface area (Å²) in [6.45, 7) is -0.513. The van der Waals surface area contributed by atoms with Crippen molar-refractivity contribution in [3.05, 3.63) is 82.3 Å². The number of methoxy groups -OCH3 is 2. The Morgan fingerprint density at radius 3 is 2.36 bits per heavy atom. The van der Waals surface area contributed by atoms with E-state index in [2.05, 4.69) is 5.32 Å². The number of halogens is 2. The summed E-state index contributed by atoms with van der Waals surface area (Å²) < 4.78 is 38.8. The molecule has 0 bridgehead atoms. The van der Waals surface area contributed by atoms with Gasteiger partial charge in [-0.25, -0.2) is 8.42 Å². The quantitative estimate of drug-likeness (QED) is 0.446. The second kappa shape index (κ2) is 10.9. The van der Waals surface area contributed by atoms with Crippen LogP contribution < -0.4 is 14.8 Å². The van der Waals surface area contributed by atoms with Crippen LogP contribution in [0.2, 0.25) is 10.0 Å². The van der Waals surface area contributed by atoms with Gasteiger partial charge in [0.2, 0.25) is 15.9 Å². The van der Waals surface area contributed by atoms with Crippen LogP contribution in [0.1, 0.15) is 5.56 Å². The molecule has 0 aliphatic rings. The molecule has 7 nitrogen and oxygen atoms in total. The number of carbonyl (C=O) groups is 1. The average Bonchev–Trinajstić information content (AvgIpc) is 2.81. The maximum absolute atomic E-state index is 13.7. The highest BCUT2D eigenvalue weighted by atomic mass is 35.5. The van der Waals surface area contributed by atoms with Gasteiger partial charge in [0.15, 0.2) is 0 Å². The number of amides is 1. The Balaban J connectivity index is 1.97. The Bertz CT molecular complexity index is 1240. The van der Waals surface area contributed by atoms with Gasteiger partial charge in [-0.3, -0.25) is 4.79 Å². The summed E-state index contributed by atoms with van der Waals surface area (Å²) in [5.41, 5.74) is 0.988. The summed E-state index contributed by atoms with van der Waals surface area (Å²) >= 11 is 12.1. The highest BCUT2D eigenvalue weighted by molar-refractivity contribution is 7.89. The fourth-order valence-electron chi connectivity index (χ4n) is 3.08. The minimum Gasteiger partial charge on any atom is -0.497 e. The number of rotatable bonds is 9. The molecular formula is C23H22Cl2N2O5S. The van der Waals surface area contributed by atoms with Gasteiger partial charge >= 0.3 is 0 Å². The SMILES string of the molecule is COc1ccc(OC)c(S(=O)(=O)N(CC(=O)Nc2cc(Cl)ccc2Cl)Cc2ccccc2)c1. The molecular weight excluding hydrogens is 487 g/mol. The molecule has 0 fully saturated rings. The lowest BCUT2D eigenvalue weighted by atomic mass is 10.2. The average molecular weight is 509 g/mol. The normalized spacial score (nSPS) is 11.3. The minimum absolute atomic E-state index is 0.0414. The molecule has 1 amide bonds. The van der Waals surface area contributed by atoms with Crippen molar-refractivity contribution in [2.45, 2.75) is 11.4 Å². The van der Waals surface area contributed by atoms with Gasteiger partial charge < -0.3 is 14.8 Å². The van der Waals surface area contributed by atoms with E-state index in [-0.39, 0.29) is 27.9 Å². The van der Waals surface area contributed by atoms with Gasteiger partial charge in [-0.15, -0.1) is 0 Å². The fourth-order valence-corrected chi connectivity index (χ4v) is 4.97. The maximum atomic E-state index is 13.7. The number of ether oxygens (including phenoxy) is 2. The van der Waals surface area contributed by atoms with Crippen molar-refractivity contribution in [3.8, 4) is 11.5 Å². The zero-order valence-corrected chi connectivity index (χ0v) is 20.2. The molecule has 3 aromatic rings. The molecule has 10 heteroatoms. The summed E-state index contributed by atoms with van der Waals surface area (Å²) in [7, 11) is -1.37. The van der Waals surface area contributed by atoms with E-state index in [0.29, 0.717) is 16.3 Å².